The van der Waals surface area contributed by atoms with Gasteiger partial charge in [-0.15, -0.1) is 11.3 Å². The van der Waals surface area contributed by atoms with Crippen LogP contribution in [0.25, 0.3) is 21.3 Å². The fourth-order valence-electron chi connectivity index (χ4n) is 4.72. The van der Waals surface area contributed by atoms with E-state index in [1.54, 1.807) is 6.20 Å². The molecule has 3 aromatic rings. The van der Waals surface area contributed by atoms with E-state index < -0.39 is 11.7 Å². The summed E-state index contributed by atoms with van der Waals surface area (Å²) < 4.78 is 7.15. The summed E-state index contributed by atoms with van der Waals surface area (Å²) in [6.07, 6.45) is 5.32. The third-order valence-corrected chi connectivity index (χ3v) is 8.32. The Morgan fingerprint density at radius 2 is 2.06 bits per heavy atom. The molecular weight excluding hydrogens is 460 g/mol. The number of piperidine rings is 1. The van der Waals surface area contributed by atoms with Crippen LogP contribution in [0.2, 0.25) is 5.02 Å². The van der Waals surface area contributed by atoms with Gasteiger partial charge in [0.15, 0.2) is 6.10 Å². The lowest BCUT2D eigenvalue weighted by Gasteiger charge is -2.28. The van der Waals surface area contributed by atoms with Crippen LogP contribution < -0.4 is 4.74 Å². The predicted molar refractivity (Wildman–Crippen MR) is 130 cm³/mol. The highest BCUT2D eigenvalue weighted by Crippen LogP contribution is 2.46. The molecule has 0 saturated carbocycles. The standard InChI is InChI=1S/C25H27ClN2O4S/c1-2-25(31,14-29)21-13-19-23(33-21)17(6-7-27-19)18-12-16(26)10-15-11-20(32-22(15)18)24(30)28-8-4-3-5-9-28/h6-7,10,12-13,20,29,31H,2-5,8-9,11,14H2,1H3. The number of fused-ring (bicyclic) bond motifs is 2. The largest absolute Gasteiger partial charge is 0.479 e. The van der Waals surface area contributed by atoms with Crippen molar-refractivity contribution in [3.05, 3.63) is 45.9 Å². The number of benzene rings is 1. The minimum Gasteiger partial charge on any atom is -0.479 e. The highest BCUT2D eigenvalue weighted by Gasteiger charge is 2.35. The maximum Gasteiger partial charge on any atom is 0.263 e. The van der Waals surface area contributed by atoms with Crippen LogP contribution in [-0.4, -0.2) is 51.8 Å². The number of hydrogen-bond acceptors (Lipinski definition) is 6. The molecule has 33 heavy (non-hydrogen) atoms. The monoisotopic (exact) mass is 486 g/mol. The van der Waals surface area contributed by atoms with Gasteiger partial charge in [0.05, 0.1) is 16.8 Å². The number of ether oxygens (including phenoxy) is 1. The summed E-state index contributed by atoms with van der Waals surface area (Å²) in [6.45, 7) is 3.06. The lowest BCUT2D eigenvalue weighted by Crippen LogP contribution is -2.43. The van der Waals surface area contributed by atoms with Gasteiger partial charge in [0.2, 0.25) is 0 Å². The number of nitrogens with zero attached hydrogens (tertiary/aromatic N) is 2. The Morgan fingerprint density at radius 3 is 2.79 bits per heavy atom. The molecule has 6 nitrogen and oxygen atoms in total. The molecule has 2 atom stereocenters. The zero-order valence-electron chi connectivity index (χ0n) is 18.5. The maximum atomic E-state index is 13.1. The smallest absolute Gasteiger partial charge is 0.263 e. The minimum absolute atomic E-state index is 0.0437. The van der Waals surface area contributed by atoms with Crippen molar-refractivity contribution in [3.8, 4) is 16.9 Å². The van der Waals surface area contributed by atoms with Gasteiger partial charge in [-0.05, 0) is 49.9 Å². The van der Waals surface area contributed by atoms with Crippen LogP contribution in [0.3, 0.4) is 0 Å². The summed E-state index contributed by atoms with van der Waals surface area (Å²) in [5.41, 5.74) is 2.06. The summed E-state index contributed by atoms with van der Waals surface area (Å²) in [5, 5.41) is 21.2. The fourth-order valence-corrected chi connectivity index (χ4v) is 6.26. The third kappa shape index (κ3) is 4.01. The number of aliphatic hydroxyl groups excluding tert-OH is 1. The molecule has 1 amide bonds. The summed E-state index contributed by atoms with van der Waals surface area (Å²) in [6, 6.07) is 7.48. The zero-order valence-corrected chi connectivity index (χ0v) is 20.1. The van der Waals surface area contributed by atoms with Gasteiger partial charge >= 0.3 is 0 Å². The number of aromatic nitrogens is 1. The third-order valence-electron chi connectivity index (χ3n) is 6.75. The molecule has 0 bridgehead atoms. The number of thiophene rings is 1. The van der Waals surface area contributed by atoms with Crippen molar-refractivity contribution in [1.29, 1.82) is 0 Å². The fraction of sp³-hybridized carbons (Fsp3) is 0.440. The van der Waals surface area contributed by atoms with Gasteiger partial charge in [0.1, 0.15) is 11.4 Å². The van der Waals surface area contributed by atoms with Crippen LogP contribution >= 0.6 is 22.9 Å². The van der Waals surface area contributed by atoms with Crippen molar-refractivity contribution in [1.82, 2.24) is 9.88 Å². The first-order chi connectivity index (χ1) is 15.9. The van der Waals surface area contributed by atoms with Gasteiger partial charge < -0.3 is 19.8 Å². The highest BCUT2D eigenvalue weighted by molar-refractivity contribution is 7.19. The van der Waals surface area contributed by atoms with E-state index in [4.69, 9.17) is 16.3 Å². The number of halogens is 1. The number of likely N-dealkylation sites (tertiary alicyclic amines) is 1. The van der Waals surface area contributed by atoms with Crippen LogP contribution in [0, 0.1) is 0 Å². The molecule has 1 saturated heterocycles. The van der Waals surface area contributed by atoms with E-state index in [1.807, 2.05) is 36.1 Å². The van der Waals surface area contributed by atoms with E-state index in [0.717, 1.165) is 52.8 Å². The van der Waals surface area contributed by atoms with Gasteiger partial charge in [0.25, 0.3) is 5.91 Å². The lowest BCUT2D eigenvalue weighted by atomic mass is 9.99. The molecule has 1 aromatic carbocycles. The average Bonchev–Trinajstić information content (AvgIpc) is 3.47. The Labute approximate surface area is 201 Å². The van der Waals surface area contributed by atoms with Crippen molar-refractivity contribution in [2.24, 2.45) is 0 Å². The van der Waals surface area contributed by atoms with E-state index >= 15 is 0 Å². The Kier molecular flexibility index (Phi) is 6.07. The number of hydrogen-bond donors (Lipinski definition) is 2. The second kappa shape index (κ2) is 8.87. The van der Waals surface area contributed by atoms with Crippen molar-refractivity contribution in [3.63, 3.8) is 0 Å². The number of amides is 1. The number of carbonyl (C=O) groups is 1. The molecule has 174 valence electrons. The first-order valence-electron chi connectivity index (χ1n) is 11.4. The molecule has 8 heteroatoms. The summed E-state index contributed by atoms with van der Waals surface area (Å²) in [4.78, 5) is 20.2. The first kappa shape index (κ1) is 22.6. The SMILES string of the molecule is CCC(O)(CO)c1cc2nccc(-c3cc(Cl)cc4c3OC(C(=O)N3CCCCC3)C4)c2s1. The summed E-state index contributed by atoms with van der Waals surface area (Å²) >= 11 is 7.90. The molecule has 2 aromatic heterocycles. The Hall–Kier alpha value is -2.19. The van der Waals surface area contributed by atoms with Crippen LogP contribution in [0.1, 0.15) is 43.0 Å². The van der Waals surface area contributed by atoms with E-state index in [9.17, 15) is 15.0 Å². The first-order valence-corrected chi connectivity index (χ1v) is 12.6. The van der Waals surface area contributed by atoms with Crippen molar-refractivity contribution in [2.45, 2.75) is 50.7 Å². The highest BCUT2D eigenvalue weighted by atomic mass is 35.5. The number of aliphatic hydroxyl groups is 2. The molecule has 0 aliphatic carbocycles. The summed E-state index contributed by atoms with van der Waals surface area (Å²) in [5.74, 6) is 0.729. The minimum atomic E-state index is -1.30. The Morgan fingerprint density at radius 1 is 1.27 bits per heavy atom. The van der Waals surface area contributed by atoms with E-state index in [0.29, 0.717) is 28.5 Å². The number of rotatable bonds is 5. The lowest BCUT2D eigenvalue weighted by molar-refractivity contribution is -0.138. The second-order valence-corrected chi connectivity index (χ2v) is 10.4. The molecule has 2 unspecified atom stereocenters. The molecule has 2 aliphatic heterocycles. The number of pyridine rings is 1. The van der Waals surface area contributed by atoms with Crippen LogP contribution in [-0.2, 0) is 16.8 Å². The van der Waals surface area contributed by atoms with Crippen molar-refractivity contribution >= 4 is 39.1 Å². The van der Waals surface area contributed by atoms with Gasteiger partial charge in [-0.1, -0.05) is 18.5 Å². The number of carbonyl (C=O) groups excluding carboxylic acids is 1. The second-order valence-electron chi connectivity index (χ2n) is 8.86. The molecule has 2 N–H and O–H groups in total. The molecule has 2 aliphatic rings. The molecule has 5 rings (SSSR count). The average molecular weight is 487 g/mol. The molecule has 1 fully saturated rings. The van der Waals surface area contributed by atoms with E-state index in [-0.39, 0.29) is 12.5 Å². The maximum absolute atomic E-state index is 13.1. The van der Waals surface area contributed by atoms with E-state index in [1.165, 1.54) is 17.8 Å². The normalized spacial score (nSPS) is 19.9. The van der Waals surface area contributed by atoms with Crippen LogP contribution in [0.5, 0.6) is 5.75 Å². The van der Waals surface area contributed by atoms with Crippen molar-refractivity contribution < 1.29 is 19.7 Å². The van der Waals surface area contributed by atoms with Gasteiger partial charge in [-0.3, -0.25) is 9.78 Å². The Bertz CT molecular complexity index is 1200. The van der Waals surface area contributed by atoms with Gasteiger partial charge in [-0.2, -0.15) is 0 Å². The molecule has 0 radical (unpaired) electrons. The molecule has 4 heterocycles. The predicted octanol–water partition coefficient (Wildman–Crippen LogP) is 4.52. The van der Waals surface area contributed by atoms with Gasteiger partial charge in [-0.25, -0.2) is 0 Å². The molecular formula is C25H27ClN2O4S. The Balaban J connectivity index is 1.55. The zero-order chi connectivity index (χ0) is 23.2. The van der Waals surface area contributed by atoms with Crippen LogP contribution in [0.4, 0.5) is 0 Å². The van der Waals surface area contributed by atoms with Gasteiger partial charge in [0, 0.05) is 52.3 Å². The quantitative estimate of drug-likeness (QED) is 0.554. The topological polar surface area (TPSA) is 82.9 Å². The van der Waals surface area contributed by atoms with Crippen molar-refractivity contribution in [2.75, 3.05) is 19.7 Å². The van der Waals surface area contributed by atoms with Crippen LogP contribution in [0.15, 0.2) is 30.5 Å². The van der Waals surface area contributed by atoms with E-state index in [2.05, 4.69) is 4.98 Å². The summed E-state index contributed by atoms with van der Waals surface area (Å²) in [7, 11) is 0. The molecule has 0 spiro atoms.